The van der Waals surface area contributed by atoms with E-state index < -0.39 is 11.9 Å². The lowest BCUT2D eigenvalue weighted by molar-refractivity contribution is -0.141. The van der Waals surface area contributed by atoms with E-state index in [1.54, 1.807) is 7.11 Å². The first-order chi connectivity index (χ1) is 13.9. The molecule has 0 radical (unpaired) electrons. The maximum atomic E-state index is 13.3. The number of aliphatic carboxylic acids is 1. The minimum absolute atomic E-state index is 0.00974. The molecule has 5 nitrogen and oxygen atoms in total. The van der Waals surface area contributed by atoms with E-state index in [4.69, 9.17) is 4.74 Å². The van der Waals surface area contributed by atoms with Gasteiger partial charge in [-0.05, 0) is 53.6 Å². The van der Waals surface area contributed by atoms with Gasteiger partial charge in [-0.2, -0.15) is 0 Å². The molecule has 2 aliphatic rings. The maximum Gasteiger partial charge on any atom is 0.311 e. The number of amides is 1. The lowest BCUT2D eigenvalue weighted by Crippen LogP contribution is -2.44. The van der Waals surface area contributed by atoms with Crippen LogP contribution in [0.25, 0.3) is 0 Å². The molecule has 0 spiro atoms. The van der Waals surface area contributed by atoms with Crippen molar-refractivity contribution in [3.05, 3.63) is 65.2 Å². The smallest absolute Gasteiger partial charge is 0.311 e. The Morgan fingerprint density at radius 3 is 2.48 bits per heavy atom. The molecule has 2 aromatic rings. The van der Waals surface area contributed by atoms with Gasteiger partial charge in [0.05, 0.1) is 13.0 Å². The molecule has 5 heteroatoms. The summed E-state index contributed by atoms with van der Waals surface area (Å²) in [6.07, 6.45) is 0.787. The van der Waals surface area contributed by atoms with E-state index in [0.29, 0.717) is 17.9 Å². The van der Waals surface area contributed by atoms with Crippen molar-refractivity contribution < 1.29 is 19.4 Å². The normalized spacial score (nSPS) is 25.4. The second kappa shape index (κ2) is 7.54. The highest BCUT2D eigenvalue weighted by Crippen LogP contribution is 2.50. The van der Waals surface area contributed by atoms with Gasteiger partial charge in [-0.3, -0.25) is 9.59 Å². The van der Waals surface area contributed by atoms with E-state index in [-0.39, 0.29) is 29.7 Å². The Labute approximate surface area is 171 Å². The summed E-state index contributed by atoms with van der Waals surface area (Å²) in [5.74, 6) is -0.619. The summed E-state index contributed by atoms with van der Waals surface area (Å²) in [7, 11) is 1.59. The molecular formula is C24H27NO4. The topological polar surface area (TPSA) is 66.8 Å². The standard InChI is InChI=1S/C24H27NO4/c1-14(2)22-20-17(13-25(22)23(26)15-7-5-4-6-8-15)11-16-9-10-18(29-3)12-19(16)21(20)24(27)28/h4-10,12,14,17,20-22H,11,13H2,1-3H3,(H,27,28)/t17-,20-,21-,22+/m1/s1. The van der Waals surface area contributed by atoms with E-state index in [0.717, 1.165) is 17.5 Å². The number of methoxy groups -OCH3 is 1. The summed E-state index contributed by atoms with van der Waals surface area (Å²) in [4.78, 5) is 27.7. The summed E-state index contributed by atoms with van der Waals surface area (Å²) in [5.41, 5.74) is 2.54. The molecule has 29 heavy (non-hydrogen) atoms. The summed E-state index contributed by atoms with van der Waals surface area (Å²) < 4.78 is 5.35. The van der Waals surface area contributed by atoms with Crippen molar-refractivity contribution in [2.75, 3.05) is 13.7 Å². The minimum atomic E-state index is -0.825. The average Bonchev–Trinajstić information content (AvgIpc) is 3.10. The Kier molecular flexibility index (Phi) is 5.07. The van der Waals surface area contributed by atoms with Crippen molar-refractivity contribution in [1.29, 1.82) is 0 Å². The van der Waals surface area contributed by atoms with Crippen LogP contribution in [-0.2, 0) is 11.2 Å². The molecule has 1 fully saturated rings. The van der Waals surface area contributed by atoms with Gasteiger partial charge in [-0.25, -0.2) is 0 Å². The molecule has 1 aliphatic carbocycles. The Morgan fingerprint density at radius 1 is 1.14 bits per heavy atom. The van der Waals surface area contributed by atoms with Gasteiger partial charge >= 0.3 is 5.97 Å². The number of likely N-dealkylation sites (tertiary alicyclic amines) is 1. The number of ether oxygens (including phenoxy) is 1. The molecule has 1 N–H and O–H groups in total. The van der Waals surface area contributed by atoms with Crippen LogP contribution in [-0.4, -0.2) is 41.6 Å². The van der Waals surface area contributed by atoms with Crippen LogP contribution in [0.4, 0.5) is 0 Å². The Balaban J connectivity index is 1.77. The van der Waals surface area contributed by atoms with Crippen LogP contribution in [0, 0.1) is 17.8 Å². The fraction of sp³-hybridized carbons (Fsp3) is 0.417. The zero-order chi connectivity index (χ0) is 20.7. The molecule has 0 bridgehead atoms. The van der Waals surface area contributed by atoms with Crippen LogP contribution < -0.4 is 4.74 Å². The Bertz CT molecular complexity index is 924. The molecular weight excluding hydrogens is 366 g/mol. The van der Waals surface area contributed by atoms with E-state index >= 15 is 0 Å². The number of carboxylic acid groups (broad SMARTS) is 1. The second-order valence-corrected chi connectivity index (χ2v) is 8.48. The number of benzene rings is 2. The van der Waals surface area contributed by atoms with Gasteiger partial charge in [0.1, 0.15) is 5.75 Å². The number of hydrogen-bond acceptors (Lipinski definition) is 3. The Morgan fingerprint density at radius 2 is 1.86 bits per heavy atom. The molecule has 1 heterocycles. The van der Waals surface area contributed by atoms with E-state index in [1.807, 2.05) is 53.4 Å². The van der Waals surface area contributed by atoms with Crippen LogP contribution in [0.1, 0.15) is 41.3 Å². The first-order valence-corrected chi connectivity index (χ1v) is 10.2. The summed E-state index contributed by atoms with van der Waals surface area (Å²) in [6.45, 7) is 4.76. The number of nitrogens with zero attached hydrogens (tertiary/aromatic N) is 1. The number of carbonyl (C=O) groups excluding carboxylic acids is 1. The van der Waals surface area contributed by atoms with E-state index in [1.165, 1.54) is 0 Å². The molecule has 1 saturated heterocycles. The van der Waals surface area contributed by atoms with Gasteiger partial charge in [-0.1, -0.05) is 38.1 Å². The first-order valence-electron chi connectivity index (χ1n) is 10.2. The number of rotatable bonds is 4. The second-order valence-electron chi connectivity index (χ2n) is 8.48. The zero-order valence-corrected chi connectivity index (χ0v) is 17.0. The number of hydrogen-bond donors (Lipinski definition) is 1. The molecule has 4 rings (SSSR count). The molecule has 0 unspecified atom stereocenters. The van der Waals surface area contributed by atoms with Crippen molar-refractivity contribution in [2.45, 2.75) is 32.2 Å². The summed E-state index contributed by atoms with van der Waals surface area (Å²) in [5, 5.41) is 10.2. The van der Waals surface area contributed by atoms with Gasteiger partial charge < -0.3 is 14.7 Å². The molecule has 1 aliphatic heterocycles. The molecule has 2 aromatic carbocycles. The fourth-order valence-electron chi connectivity index (χ4n) is 5.38. The van der Waals surface area contributed by atoms with Crippen molar-refractivity contribution in [1.82, 2.24) is 4.90 Å². The van der Waals surface area contributed by atoms with E-state index in [2.05, 4.69) is 13.8 Å². The molecule has 0 aromatic heterocycles. The predicted molar refractivity (Wildman–Crippen MR) is 110 cm³/mol. The fourth-order valence-corrected chi connectivity index (χ4v) is 5.38. The zero-order valence-electron chi connectivity index (χ0n) is 17.0. The largest absolute Gasteiger partial charge is 0.497 e. The highest BCUT2D eigenvalue weighted by Gasteiger charge is 2.53. The SMILES string of the molecule is COc1ccc2c(c1)[C@@H](C(=O)O)[C@H]1[C@H](C2)CN(C(=O)c2ccccc2)[C@H]1C(C)C. The van der Waals surface area contributed by atoms with Gasteiger partial charge in [0, 0.05) is 24.1 Å². The third-order valence-electron chi connectivity index (χ3n) is 6.52. The van der Waals surface area contributed by atoms with Gasteiger partial charge in [0.15, 0.2) is 0 Å². The third-order valence-corrected chi connectivity index (χ3v) is 6.52. The number of fused-ring (bicyclic) bond motifs is 2. The van der Waals surface area contributed by atoms with Crippen molar-refractivity contribution in [2.24, 2.45) is 17.8 Å². The third kappa shape index (κ3) is 3.28. The molecule has 152 valence electrons. The number of carboxylic acids is 1. The molecule has 0 saturated carbocycles. The predicted octanol–water partition coefficient (Wildman–Crippen LogP) is 3.83. The van der Waals surface area contributed by atoms with Gasteiger partial charge in [0.2, 0.25) is 0 Å². The summed E-state index contributed by atoms with van der Waals surface area (Å²) in [6, 6.07) is 14.9. The van der Waals surface area contributed by atoms with Crippen molar-refractivity contribution in [3.8, 4) is 5.75 Å². The molecule has 4 atom stereocenters. The number of carbonyl (C=O) groups is 2. The average molecular weight is 393 g/mol. The lowest BCUT2D eigenvalue weighted by Gasteiger charge is -2.38. The molecule has 1 amide bonds. The van der Waals surface area contributed by atoms with Gasteiger partial charge in [0.25, 0.3) is 5.91 Å². The van der Waals surface area contributed by atoms with Gasteiger partial charge in [-0.15, -0.1) is 0 Å². The quantitative estimate of drug-likeness (QED) is 0.857. The lowest BCUT2D eigenvalue weighted by atomic mass is 9.66. The minimum Gasteiger partial charge on any atom is -0.497 e. The van der Waals surface area contributed by atoms with Crippen LogP contribution in [0.15, 0.2) is 48.5 Å². The summed E-state index contributed by atoms with van der Waals surface area (Å²) >= 11 is 0. The van der Waals surface area contributed by atoms with E-state index in [9.17, 15) is 14.7 Å². The van der Waals surface area contributed by atoms with Crippen LogP contribution >= 0.6 is 0 Å². The highest BCUT2D eigenvalue weighted by atomic mass is 16.5. The highest BCUT2D eigenvalue weighted by molar-refractivity contribution is 5.95. The van der Waals surface area contributed by atoms with Crippen molar-refractivity contribution in [3.63, 3.8) is 0 Å². The van der Waals surface area contributed by atoms with Crippen molar-refractivity contribution >= 4 is 11.9 Å². The van der Waals surface area contributed by atoms with Crippen LogP contribution in [0.5, 0.6) is 5.75 Å². The van der Waals surface area contributed by atoms with Crippen LogP contribution in [0.2, 0.25) is 0 Å². The van der Waals surface area contributed by atoms with Crippen LogP contribution in [0.3, 0.4) is 0 Å². The maximum absolute atomic E-state index is 13.3. The first kappa shape index (κ1) is 19.5. The monoisotopic (exact) mass is 393 g/mol. The Hall–Kier alpha value is -2.82.